The number of amides is 1. The maximum Gasteiger partial charge on any atom is 0.239 e. The number of anilines is 1. The molecule has 0 spiro atoms. The van der Waals surface area contributed by atoms with E-state index in [0.717, 1.165) is 18.7 Å². The average molecular weight is 198 g/mol. The summed E-state index contributed by atoms with van der Waals surface area (Å²) in [5, 5.41) is 9.79. The lowest BCUT2D eigenvalue weighted by Gasteiger charge is -2.04. The van der Waals surface area contributed by atoms with E-state index in [1.807, 2.05) is 23.8 Å². The molecule has 1 aromatic heterocycles. The van der Waals surface area contributed by atoms with Crippen LogP contribution in [0.25, 0.3) is 0 Å². The molecule has 0 bridgehead atoms. The third kappa shape index (κ3) is 3.94. The molecule has 1 heterocycles. The topological polar surface area (TPSA) is 41.1 Å². The highest BCUT2D eigenvalue weighted by Crippen LogP contribution is 2.10. The zero-order valence-corrected chi connectivity index (χ0v) is 8.49. The molecule has 0 aromatic carbocycles. The molecular formula is C9H14N2OS. The van der Waals surface area contributed by atoms with Crippen LogP contribution in [0.3, 0.4) is 0 Å². The number of nitrogens with one attached hydrogen (secondary N) is 2. The molecule has 0 aliphatic heterocycles. The number of hydrogen-bond acceptors (Lipinski definition) is 3. The Morgan fingerprint density at radius 3 is 3.08 bits per heavy atom. The summed E-state index contributed by atoms with van der Waals surface area (Å²) in [4.78, 5) is 11.1. The highest BCUT2D eigenvalue weighted by Gasteiger charge is 1.98. The molecule has 1 aromatic rings. The molecule has 0 aliphatic carbocycles. The van der Waals surface area contributed by atoms with E-state index in [9.17, 15) is 4.79 Å². The molecule has 0 saturated heterocycles. The Labute approximate surface area is 82.2 Å². The number of hydrogen-bond donors (Lipinski definition) is 2. The van der Waals surface area contributed by atoms with Gasteiger partial charge in [-0.1, -0.05) is 6.92 Å². The summed E-state index contributed by atoms with van der Waals surface area (Å²) >= 11 is 1.61. The Kier molecular flexibility index (Phi) is 4.32. The minimum atomic E-state index is 0.0491. The molecule has 3 nitrogen and oxygen atoms in total. The van der Waals surface area contributed by atoms with Gasteiger partial charge in [-0.05, 0) is 17.9 Å². The van der Waals surface area contributed by atoms with Crippen molar-refractivity contribution in [3.8, 4) is 0 Å². The van der Waals surface area contributed by atoms with E-state index in [4.69, 9.17) is 0 Å². The Hall–Kier alpha value is -1.03. The maximum atomic E-state index is 11.1. The fourth-order valence-electron chi connectivity index (χ4n) is 0.874. The van der Waals surface area contributed by atoms with E-state index < -0.39 is 0 Å². The number of carbonyl (C=O) groups is 1. The lowest BCUT2D eigenvalue weighted by Crippen LogP contribution is -2.30. The van der Waals surface area contributed by atoms with Gasteiger partial charge in [0.1, 0.15) is 0 Å². The van der Waals surface area contributed by atoms with Crippen LogP contribution >= 0.6 is 11.3 Å². The van der Waals surface area contributed by atoms with E-state index in [0.29, 0.717) is 6.54 Å². The second kappa shape index (κ2) is 5.59. The van der Waals surface area contributed by atoms with Crippen LogP contribution in [-0.2, 0) is 4.79 Å². The van der Waals surface area contributed by atoms with Crippen LogP contribution in [-0.4, -0.2) is 19.0 Å². The predicted octanol–water partition coefficient (Wildman–Crippen LogP) is 1.69. The fourth-order valence-corrected chi connectivity index (χ4v) is 1.49. The molecule has 0 aliphatic rings. The van der Waals surface area contributed by atoms with Crippen LogP contribution in [0.4, 0.5) is 5.69 Å². The van der Waals surface area contributed by atoms with Gasteiger partial charge in [0.2, 0.25) is 5.91 Å². The van der Waals surface area contributed by atoms with E-state index in [2.05, 4.69) is 10.6 Å². The SMILES string of the molecule is CCCNC(=O)CNc1ccsc1. The highest BCUT2D eigenvalue weighted by atomic mass is 32.1. The minimum absolute atomic E-state index is 0.0491. The third-order valence-electron chi connectivity index (χ3n) is 1.55. The Bertz CT molecular complexity index is 246. The quantitative estimate of drug-likeness (QED) is 0.756. The van der Waals surface area contributed by atoms with E-state index >= 15 is 0 Å². The van der Waals surface area contributed by atoms with Crippen molar-refractivity contribution in [3.05, 3.63) is 16.8 Å². The summed E-state index contributed by atoms with van der Waals surface area (Å²) < 4.78 is 0. The molecule has 0 saturated carbocycles. The largest absolute Gasteiger partial charge is 0.375 e. The van der Waals surface area contributed by atoms with Crippen molar-refractivity contribution in [1.82, 2.24) is 5.32 Å². The van der Waals surface area contributed by atoms with E-state index in [-0.39, 0.29) is 5.91 Å². The summed E-state index contributed by atoms with van der Waals surface area (Å²) in [6, 6.07) is 1.96. The molecule has 0 fully saturated rings. The first kappa shape index (κ1) is 10.1. The monoisotopic (exact) mass is 198 g/mol. The molecule has 2 N–H and O–H groups in total. The van der Waals surface area contributed by atoms with Crippen LogP contribution in [0.5, 0.6) is 0 Å². The van der Waals surface area contributed by atoms with Gasteiger partial charge in [-0.15, -0.1) is 0 Å². The van der Waals surface area contributed by atoms with Gasteiger partial charge in [0.05, 0.1) is 6.54 Å². The first-order valence-electron chi connectivity index (χ1n) is 4.35. The van der Waals surface area contributed by atoms with Crippen LogP contribution in [0.2, 0.25) is 0 Å². The van der Waals surface area contributed by atoms with Gasteiger partial charge in [-0.25, -0.2) is 0 Å². The molecule has 1 rings (SSSR count). The minimum Gasteiger partial charge on any atom is -0.375 e. The Morgan fingerprint density at radius 2 is 2.46 bits per heavy atom. The van der Waals surface area contributed by atoms with Crippen molar-refractivity contribution in [2.45, 2.75) is 13.3 Å². The number of rotatable bonds is 5. The molecular weight excluding hydrogens is 184 g/mol. The van der Waals surface area contributed by atoms with Gasteiger partial charge >= 0.3 is 0 Å². The number of carbonyl (C=O) groups excluding carboxylic acids is 1. The summed E-state index contributed by atoms with van der Waals surface area (Å²) in [6.45, 7) is 3.15. The summed E-state index contributed by atoms with van der Waals surface area (Å²) in [5.41, 5.74) is 1.01. The molecule has 0 radical (unpaired) electrons. The molecule has 4 heteroatoms. The smallest absolute Gasteiger partial charge is 0.239 e. The van der Waals surface area contributed by atoms with E-state index in [1.54, 1.807) is 11.3 Å². The first-order valence-corrected chi connectivity index (χ1v) is 5.30. The van der Waals surface area contributed by atoms with E-state index in [1.165, 1.54) is 0 Å². The summed E-state index contributed by atoms with van der Waals surface area (Å²) in [6.07, 6.45) is 0.976. The second-order valence-electron chi connectivity index (χ2n) is 2.72. The lowest BCUT2D eigenvalue weighted by molar-refractivity contribution is -0.119. The molecule has 72 valence electrons. The summed E-state index contributed by atoms with van der Waals surface area (Å²) in [7, 11) is 0. The molecule has 0 unspecified atom stereocenters. The summed E-state index contributed by atoms with van der Waals surface area (Å²) in [5.74, 6) is 0.0491. The van der Waals surface area contributed by atoms with Crippen molar-refractivity contribution in [2.24, 2.45) is 0 Å². The van der Waals surface area contributed by atoms with Crippen LogP contribution in [0, 0.1) is 0 Å². The number of thiophene rings is 1. The second-order valence-corrected chi connectivity index (χ2v) is 3.50. The van der Waals surface area contributed by atoms with Crippen molar-refractivity contribution in [1.29, 1.82) is 0 Å². The van der Waals surface area contributed by atoms with Crippen LogP contribution in [0.1, 0.15) is 13.3 Å². The van der Waals surface area contributed by atoms with Gasteiger partial charge in [0, 0.05) is 17.6 Å². The standard InChI is InChI=1S/C9H14N2OS/c1-2-4-10-9(12)6-11-8-3-5-13-7-8/h3,5,7,11H,2,4,6H2,1H3,(H,10,12). The predicted molar refractivity (Wildman–Crippen MR) is 56.1 cm³/mol. The van der Waals surface area contributed by atoms with Gasteiger partial charge < -0.3 is 10.6 Å². The molecule has 1 amide bonds. The van der Waals surface area contributed by atoms with Crippen molar-refractivity contribution >= 4 is 22.9 Å². The zero-order chi connectivity index (χ0) is 9.52. The maximum absolute atomic E-state index is 11.1. The van der Waals surface area contributed by atoms with Crippen molar-refractivity contribution in [3.63, 3.8) is 0 Å². The average Bonchev–Trinajstić information content (AvgIpc) is 2.64. The molecule has 13 heavy (non-hydrogen) atoms. The molecule has 0 atom stereocenters. The first-order chi connectivity index (χ1) is 6.33. The Balaban J connectivity index is 2.15. The van der Waals surface area contributed by atoms with Gasteiger partial charge in [0.15, 0.2) is 0 Å². The van der Waals surface area contributed by atoms with Crippen LogP contribution in [0.15, 0.2) is 16.8 Å². The zero-order valence-electron chi connectivity index (χ0n) is 7.67. The van der Waals surface area contributed by atoms with Gasteiger partial charge in [0.25, 0.3) is 0 Å². The lowest BCUT2D eigenvalue weighted by atomic mass is 10.4. The third-order valence-corrected chi connectivity index (χ3v) is 2.23. The van der Waals surface area contributed by atoms with Gasteiger partial charge in [-0.3, -0.25) is 4.79 Å². The van der Waals surface area contributed by atoms with Crippen LogP contribution < -0.4 is 10.6 Å². The Morgan fingerprint density at radius 1 is 1.62 bits per heavy atom. The fraction of sp³-hybridized carbons (Fsp3) is 0.444. The normalized spacial score (nSPS) is 9.62. The van der Waals surface area contributed by atoms with Gasteiger partial charge in [-0.2, -0.15) is 11.3 Å². The van der Waals surface area contributed by atoms with Crippen molar-refractivity contribution < 1.29 is 4.79 Å². The highest BCUT2D eigenvalue weighted by molar-refractivity contribution is 7.08. The van der Waals surface area contributed by atoms with Crippen molar-refractivity contribution in [2.75, 3.05) is 18.4 Å².